The molecule has 1 aliphatic carbocycles. The number of thioether (sulfide) groups is 1. The molecular weight excluding hydrogens is 370 g/mol. The van der Waals surface area contributed by atoms with Crippen molar-refractivity contribution < 1.29 is 21.7 Å². The van der Waals surface area contributed by atoms with Gasteiger partial charge >= 0.3 is 21.7 Å². The zero-order valence-corrected chi connectivity index (χ0v) is 20.0. The van der Waals surface area contributed by atoms with Crippen molar-refractivity contribution >= 4 is 17.4 Å². The van der Waals surface area contributed by atoms with Crippen LogP contribution in [0.15, 0.2) is 28.7 Å². The first-order valence-corrected chi connectivity index (χ1v) is 9.61. The maximum absolute atomic E-state index is 4.93. The van der Waals surface area contributed by atoms with Crippen molar-refractivity contribution in [1.29, 1.82) is 0 Å². The Kier molecular flexibility index (Phi) is 9.78. The van der Waals surface area contributed by atoms with Crippen LogP contribution in [0.5, 0.6) is 0 Å². The number of fused-ring (bicyclic) bond motifs is 2. The van der Waals surface area contributed by atoms with E-state index >= 15 is 0 Å². The Morgan fingerprint density at radius 2 is 1.65 bits per heavy atom. The van der Waals surface area contributed by atoms with Crippen molar-refractivity contribution in [2.24, 2.45) is 17.8 Å². The minimum atomic E-state index is 0. The van der Waals surface area contributed by atoms with E-state index in [0.717, 1.165) is 29.5 Å². The summed E-state index contributed by atoms with van der Waals surface area (Å²) >= 11 is 2.14. The van der Waals surface area contributed by atoms with Crippen LogP contribution in [0.2, 0.25) is 0 Å². The Bertz CT molecular complexity index is 639. The topological polar surface area (TPSA) is 14.1 Å². The van der Waals surface area contributed by atoms with Gasteiger partial charge in [-0.3, -0.25) is 0 Å². The van der Waals surface area contributed by atoms with Crippen LogP contribution in [0, 0.1) is 40.0 Å². The fraction of sp³-hybridized carbons (Fsp3) is 0.522. The summed E-state index contributed by atoms with van der Waals surface area (Å²) in [7, 11) is 0. The Hall–Kier alpha value is -0.176. The normalized spacial score (nSPS) is 31.3. The van der Waals surface area contributed by atoms with Crippen molar-refractivity contribution in [3.05, 3.63) is 67.4 Å². The minimum absolute atomic E-state index is 0. The van der Waals surface area contributed by atoms with Gasteiger partial charge in [0.2, 0.25) is 0 Å². The van der Waals surface area contributed by atoms with Crippen LogP contribution in [0.3, 0.4) is 0 Å². The van der Waals surface area contributed by atoms with Crippen molar-refractivity contribution in [3.8, 4) is 0 Å². The van der Waals surface area contributed by atoms with Crippen LogP contribution in [0.25, 0.3) is 5.32 Å². The number of hydrogen-bond acceptors (Lipinski definition) is 1. The number of benzene rings is 1. The number of nitrogens with zero attached hydrogens (tertiary/aromatic N) is 1. The second-order valence-electron chi connectivity index (χ2n) is 7.43. The smallest absolute Gasteiger partial charge is 0.684 e. The van der Waals surface area contributed by atoms with Crippen LogP contribution in [-0.2, 0) is 28.1 Å². The molecule has 2 heterocycles. The number of hydrogen-bond donors (Lipinski definition) is 0. The predicted molar refractivity (Wildman–Crippen MR) is 116 cm³/mol. The third-order valence-electron chi connectivity index (χ3n) is 6.42. The monoisotopic (exact) mass is 405 g/mol. The fourth-order valence-corrected chi connectivity index (χ4v) is 6.86. The molecule has 1 nitrogen and oxygen atoms in total. The molecular formula is C23H35NSTi. The van der Waals surface area contributed by atoms with Crippen molar-refractivity contribution in [2.75, 3.05) is 6.54 Å². The van der Waals surface area contributed by atoms with Gasteiger partial charge in [-0.25, -0.2) is 0 Å². The SMILES string of the molecule is CC1=C(C)C2C(C)C(C)C(c3cccc4c3[N-]CCC4)C2S1.[CH3-].[CH3-].[CH3-].[Ti+4]. The van der Waals surface area contributed by atoms with Gasteiger partial charge in [0.05, 0.1) is 0 Å². The van der Waals surface area contributed by atoms with Crippen molar-refractivity contribution in [1.82, 2.24) is 0 Å². The van der Waals surface area contributed by atoms with Gasteiger partial charge in [0.25, 0.3) is 0 Å². The van der Waals surface area contributed by atoms with E-state index in [2.05, 4.69) is 57.7 Å². The van der Waals surface area contributed by atoms with Crippen LogP contribution in [-0.4, -0.2) is 11.8 Å². The summed E-state index contributed by atoms with van der Waals surface area (Å²) in [5, 5.41) is 5.66. The molecule has 5 atom stereocenters. The van der Waals surface area contributed by atoms with Gasteiger partial charge in [-0.1, -0.05) is 55.2 Å². The summed E-state index contributed by atoms with van der Waals surface area (Å²) in [5.74, 6) is 2.95. The standard InChI is InChI=1S/C20H26NS.3CH3.Ti/c1-11-12(2)18(20-17(11)13(3)14(4)22-20)16-9-5-7-15-8-6-10-21-19(15)16;;;;/h5,7,9,11-12,17-18,20H,6,8,10H2,1-4H3;3*1H3;/q4*-1;+4. The molecule has 1 aromatic carbocycles. The van der Waals surface area contributed by atoms with E-state index in [4.69, 9.17) is 5.32 Å². The van der Waals surface area contributed by atoms with E-state index in [1.165, 1.54) is 24.1 Å². The first-order chi connectivity index (χ1) is 10.6. The van der Waals surface area contributed by atoms with Gasteiger partial charge in [0.15, 0.2) is 0 Å². The van der Waals surface area contributed by atoms with Crippen LogP contribution in [0.4, 0.5) is 5.69 Å². The molecule has 0 aromatic heterocycles. The summed E-state index contributed by atoms with van der Waals surface area (Å²) < 4.78 is 0. The fourth-order valence-electron chi connectivity index (χ4n) is 4.99. The Morgan fingerprint density at radius 3 is 2.35 bits per heavy atom. The molecule has 0 spiro atoms. The number of para-hydroxylation sites is 1. The summed E-state index contributed by atoms with van der Waals surface area (Å²) in [6.07, 6.45) is 2.43. The first kappa shape index (κ1) is 25.8. The van der Waals surface area contributed by atoms with Crippen molar-refractivity contribution in [2.45, 2.75) is 51.7 Å². The van der Waals surface area contributed by atoms with Gasteiger partial charge in [0.1, 0.15) is 0 Å². The molecule has 0 radical (unpaired) electrons. The van der Waals surface area contributed by atoms with Crippen molar-refractivity contribution in [3.63, 3.8) is 0 Å². The average molecular weight is 405 g/mol. The maximum atomic E-state index is 4.93. The van der Waals surface area contributed by atoms with Gasteiger partial charge in [-0.05, 0) is 48.8 Å². The summed E-state index contributed by atoms with van der Waals surface area (Å²) in [6, 6.07) is 6.93. The molecule has 0 bridgehead atoms. The second-order valence-corrected chi connectivity index (χ2v) is 8.82. The van der Waals surface area contributed by atoms with Gasteiger partial charge < -0.3 is 27.6 Å². The van der Waals surface area contributed by atoms with E-state index in [1.807, 2.05) is 0 Å². The van der Waals surface area contributed by atoms with Gasteiger partial charge in [-0.15, -0.1) is 24.0 Å². The molecule has 2 aliphatic heterocycles. The third kappa shape index (κ3) is 3.84. The van der Waals surface area contributed by atoms with Crippen LogP contribution in [0.1, 0.15) is 51.2 Å². The zero-order valence-electron chi connectivity index (χ0n) is 17.6. The largest absolute Gasteiger partial charge is 4.00 e. The van der Waals surface area contributed by atoms with Gasteiger partial charge in [-0.2, -0.15) is 0 Å². The quantitative estimate of drug-likeness (QED) is 0.351. The first-order valence-electron chi connectivity index (χ1n) is 8.73. The molecule has 3 aliphatic rings. The molecule has 142 valence electrons. The molecule has 26 heavy (non-hydrogen) atoms. The summed E-state index contributed by atoms with van der Waals surface area (Å²) in [4.78, 5) is 1.57. The van der Waals surface area contributed by atoms with E-state index in [-0.39, 0.29) is 44.0 Å². The van der Waals surface area contributed by atoms with E-state index in [0.29, 0.717) is 5.92 Å². The number of aryl methyl sites for hydroxylation is 1. The Balaban J connectivity index is 0.00000156. The number of rotatable bonds is 1. The molecule has 1 fully saturated rings. The zero-order chi connectivity index (χ0) is 15.4. The predicted octanol–water partition coefficient (Wildman–Crippen LogP) is 7.38. The van der Waals surface area contributed by atoms with Crippen LogP contribution >= 0.6 is 11.8 Å². The van der Waals surface area contributed by atoms with Gasteiger partial charge in [0, 0.05) is 5.25 Å². The molecule has 0 saturated heterocycles. The van der Waals surface area contributed by atoms with E-state index < -0.39 is 0 Å². The van der Waals surface area contributed by atoms with E-state index in [9.17, 15) is 0 Å². The molecule has 1 saturated carbocycles. The third-order valence-corrected chi connectivity index (χ3v) is 7.96. The molecule has 1 aromatic rings. The maximum Gasteiger partial charge on any atom is 4.00 e. The Morgan fingerprint density at radius 1 is 1.00 bits per heavy atom. The summed E-state index contributed by atoms with van der Waals surface area (Å²) in [6.45, 7) is 10.6. The number of allylic oxidation sites excluding steroid dienone is 2. The molecule has 0 amide bonds. The molecule has 0 N–H and O–H groups in total. The second kappa shape index (κ2) is 9.85. The minimum Gasteiger partial charge on any atom is -0.684 e. The average Bonchev–Trinajstić information content (AvgIpc) is 2.94. The van der Waals surface area contributed by atoms with E-state index in [1.54, 1.807) is 16.0 Å². The molecule has 5 unspecified atom stereocenters. The van der Waals surface area contributed by atoms with Crippen LogP contribution < -0.4 is 0 Å². The summed E-state index contributed by atoms with van der Waals surface area (Å²) in [5.41, 5.74) is 6.02. The molecule has 3 heteroatoms. The molecule has 4 rings (SSSR count). The Labute approximate surface area is 182 Å².